The molecule has 0 aliphatic carbocycles. The molecule has 0 spiro atoms. The van der Waals surface area contributed by atoms with Gasteiger partial charge in [0.1, 0.15) is 5.60 Å². The lowest BCUT2D eigenvalue weighted by molar-refractivity contribution is 0.00701. The number of carbonyl (C=O) groups is 1. The summed E-state index contributed by atoms with van der Waals surface area (Å²) >= 11 is 1.61. The average molecular weight is 240 g/mol. The quantitative estimate of drug-likeness (QED) is 0.693. The predicted molar refractivity (Wildman–Crippen MR) is 68.2 cm³/mol. The van der Waals surface area contributed by atoms with E-state index in [1.165, 1.54) is 4.88 Å². The first kappa shape index (κ1) is 13.2. The summed E-state index contributed by atoms with van der Waals surface area (Å²) in [5, 5.41) is 1.87. The number of hydrogen-bond donors (Lipinski definition) is 0. The maximum Gasteiger partial charge on any atom is 0.339 e. The molecule has 3 heteroatoms. The van der Waals surface area contributed by atoms with Crippen molar-refractivity contribution in [2.24, 2.45) is 0 Å². The first-order valence-electron chi connectivity index (χ1n) is 5.42. The fourth-order valence-corrected chi connectivity index (χ4v) is 2.14. The Morgan fingerprint density at radius 3 is 2.12 bits per heavy atom. The molecule has 1 aromatic rings. The highest BCUT2D eigenvalue weighted by atomic mass is 32.1. The van der Waals surface area contributed by atoms with Gasteiger partial charge in [-0.25, -0.2) is 4.79 Å². The van der Waals surface area contributed by atoms with Crippen LogP contribution in [0.3, 0.4) is 0 Å². The van der Waals surface area contributed by atoms with Gasteiger partial charge in [-0.1, -0.05) is 20.8 Å². The van der Waals surface area contributed by atoms with Crippen LogP contribution >= 0.6 is 11.3 Å². The fourth-order valence-electron chi connectivity index (χ4n) is 1.17. The molecule has 90 valence electrons. The highest BCUT2D eigenvalue weighted by Gasteiger charge is 2.22. The molecule has 0 saturated carbocycles. The van der Waals surface area contributed by atoms with Crippen LogP contribution in [0.25, 0.3) is 0 Å². The van der Waals surface area contributed by atoms with Crippen LogP contribution in [0.5, 0.6) is 0 Å². The summed E-state index contributed by atoms with van der Waals surface area (Å²) in [7, 11) is 0. The second kappa shape index (κ2) is 4.21. The van der Waals surface area contributed by atoms with Crippen molar-refractivity contribution in [2.45, 2.75) is 52.6 Å². The van der Waals surface area contributed by atoms with E-state index in [0.717, 1.165) is 0 Å². The largest absolute Gasteiger partial charge is 0.456 e. The van der Waals surface area contributed by atoms with Crippen LogP contribution in [0.2, 0.25) is 0 Å². The third kappa shape index (κ3) is 3.63. The summed E-state index contributed by atoms with van der Waals surface area (Å²) in [5.41, 5.74) is 0.316. The van der Waals surface area contributed by atoms with E-state index in [1.807, 2.05) is 32.2 Å². The average Bonchev–Trinajstić information content (AvgIpc) is 2.46. The number of hydrogen-bond acceptors (Lipinski definition) is 3. The number of rotatable bonds is 1. The van der Waals surface area contributed by atoms with Crippen LogP contribution in [0.1, 0.15) is 56.8 Å². The van der Waals surface area contributed by atoms with Crippen LogP contribution in [0.15, 0.2) is 11.4 Å². The van der Waals surface area contributed by atoms with Gasteiger partial charge in [0.15, 0.2) is 0 Å². The highest BCUT2D eigenvalue weighted by Crippen LogP contribution is 2.29. The minimum absolute atomic E-state index is 0.0882. The maximum absolute atomic E-state index is 11.8. The molecular weight excluding hydrogens is 220 g/mol. The lowest BCUT2D eigenvalue weighted by Crippen LogP contribution is -2.23. The van der Waals surface area contributed by atoms with Gasteiger partial charge in [0.05, 0.1) is 5.56 Å². The van der Waals surface area contributed by atoms with Crippen LogP contribution in [0.4, 0.5) is 0 Å². The molecular formula is C13H20O2S. The van der Waals surface area contributed by atoms with E-state index >= 15 is 0 Å². The fraction of sp³-hybridized carbons (Fsp3) is 0.615. The second-order valence-corrected chi connectivity index (χ2v) is 6.86. The van der Waals surface area contributed by atoms with E-state index in [2.05, 4.69) is 20.8 Å². The molecule has 1 heterocycles. The molecule has 0 radical (unpaired) electrons. The van der Waals surface area contributed by atoms with Crippen LogP contribution in [-0.2, 0) is 10.2 Å². The molecule has 0 N–H and O–H groups in total. The number of carbonyl (C=O) groups excluding carboxylic acids is 1. The van der Waals surface area contributed by atoms with Crippen molar-refractivity contribution < 1.29 is 9.53 Å². The van der Waals surface area contributed by atoms with Gasteiger partial charge < -0.3 is 4.74 Å². The Morgan fingerprint density at radius 1 is 1.19 bits per heavy atom. The van der Waals surface area contributed by atoms with Crippen LogP contribution in [-0.4, -0.2) is 11.6 Å². The lowest BCUT2D eigenvalue weighted by Gasteiger charge is -2.19. The number of thiophene rings is 1. The Balaban J connectivity index is 2.83. The minimum atomic E-state index is -0.430. The van der Waals surface area contributed by atoms with E-state index in [1.54, 1.807) is 11.3 Å². The maximum atomic E-state index is 11.8. The van der Waals surface area contributed by atoms with Gasteiger partial charge in [-0.3, -0.25) is 0 Å². The van der Waals surface area contributed by atoms with Crippen molar-refractivity contribution >= 4 is 17.3 Å². The zero-order valence-electron chi connectivity index (χ0n) is 10.9. The predicted octanol–water partition coefficient (Wildman–Crippen LogP) is 4.00. The Labute approximate surface area is 102 Å². The molecule has 0 saturated heterocycles. The Morgan fingerprint density at radius 2 is 1.75 bits per heavy atom. The van der Waals surface area contributed by atoms with Crippen molar-refractivity contribution in [1.82, 2.24) is 0 Å². The molecule has 0 unspecified atom stereocenters. The summed E-state index contributed by atoms with van der Waals surface area (Å²) < 4.78 is 5.32. The monoisotopic (exact) mass is 240 g/mol. The van der Waals surface area contributed by atoms with Gasteiger partial charge in [-0.05, 0) is 32.3 Å². The highest BCUT2D eigenvalue weighted by molar-refractivity contribution is 7.10. The Bertz CT molecular complexity index is 377. The summed E-state index contributed by atoms with van der Waals surface area (Å²) in [6.45, 7) is 12.0. The van der Waals surface area contributed by atoms with Gasteiger partial charge >= 0.3 is 5.97 Å². The van der Waals surface area contributed by atoms with Gasteiger partial charge in [0, 0.05) is 10.3 Å². The van der Waals surface area contributed by atoms with Gasteiger partial charge in [-0.15, -0.1) is 11.3 Å². The van der Waals surface area contributed by atoms with Crippen molar-refractivity contribution in [1.29, 1.82) is 0 Å². The summed E-state index contributed by atoms with van der Waals surface area (Å²) in [6.07, 6.45) is 0. The molecule has 16 heavy (non-hydrogen) atoms. The van der Waals surface area contributed by atoms with Crippen molar-refractivity contribution in [3.05, 3.63) is 21.9 Å². The van der Waals surface area contributed by atoms with E-state index in [9.17, 15) is 4.79 Å². The van der Waals surface area contributed by atoms with Crippen molar-refractivity contribution in [3.8, 4) is 0 Å². The molecule has 1 rings (SSSR count). The zero-order chi connectivity index (χ0) is 12.6. The molecule has 0 amide bonds. The smallest absolute Gasteiger partial charge is 0.339 e. The summed E-state index contributed by atoms with van der Waals surface area (Å²) in [5.74, 6) is -0.237. The first-order chi connectivity index (χ1) is 7.09. The Kier molecular flexibility index (Phi) is 3.48. The molecule has 0 bridgehead atoms. The van der Waals surface area contributed by atoms with Crippen molar-refractivity contribution in [3.63, 3.8) is 0 Å². The van der Waals surface area contributed by atoms with E-state index < -0.39 is 5.60 Å². The molecule has 0 fully saturated rings. The molecule has 1 aromatic heterocycles. The zero-order valence-corrected chi connectivity index (χ0v) is 11.7. The van der Waals surface area contributed by atoms with Gasteiger partial charge in [-0.2, -0.15) is 0 Å². The van der Waals surface area contributed by atoms with Crippen molar-refractivity contribution in [2.75, 3.05) is 0 Å². The third-order valence-electron chi connectivity index (χ3n) is 1.97. The molecule has 0 atom stereocenters. The molecule has 0 aliphatic rings. The SMILES string of the molecule is CC(C)(C)OC(=O)c1csc(C(C)(C)C)c1. The van der Waals surface area contributed by atoms with Gasteiger partial charge in [0.25, 0.3) is 0 Å². The normalized spacial score (nSPS) is 12.6. The Hall–Kier alpha value is -0.830. The first-order valence-corrected chi connectivity index (χ1v) is 6.30. The topological polar surface area (TPSA) is 26.3 Å². The summed E-state index contributed by atoms with van der Waals surface area (Å²) in [6, 6.07) is 1.93. The van der Waals surface area contributed by atoms with E-state index in [0.29, 0.717) is 5.56 Å². The summed E-state index contributed by atoms with van der Waals surface area (Å²) in [4.78, 5) is 13.0. The van der Waals surface area contributed by atoms with Crippen LogP contribution in [0, 0.1) is 0 Å². The second-order valence-electron chi connectivity index (χ2n) is 5.95. The third-order valence-corrected chi connectivity index (χ3v) is 3.33. The number of ether oxygens (including phenoxy) is 1. The minimum Gasteiger partial charge on any atom is -0.456 e. The number of esters is 1. The van der Waals surface area contributed by atoms with E-state index in [4.69, 9.17) is 4.74 Å². The van der Waals surface area contributed by atoms with E-state index in [-0.39, 0.29) is 11.4 Å². The van der Waals surface area contributed by atoms with Crippen LogP contribution < -0.4 is 0 Å². The molecule has 0 aromatic carbocycles. The van der Waals surface area contributed by atoms with Gasteiger partial charge in [0.2, 0.25) is 0 Å². The standard InChI is InChI=1S/C13H20O2S/c1-12(2,3)10-7-9(8-16-10)11(14)15-13(4,5)6/h7-8H,1-6H3. The molecule has 0 aliphatic heterocycles. The lowest BCUT2D eigenvalue weighted by atomic mass is 9.94. The molecule has 2 nitrogen and oxygen atoms in total.